The van der Waals surface area contributed by atoms with E-state index in [0.29, 0.717) is 10.8 Å². The molecular formula is C20H32. The number of hydrogen-bond donors (Lipinski definition) is 0. The molecule has 0 amide bonds. The normalized spacial score (nSPS) is 30.9. The Labute approximate surface area is 125 Å². The monoisotopic (exact) mass is 272 g/mol. The second-order valence-corrected chi connectivity index (χ2v) is 9.45. The van der Waals surface area contributed by atoms with Crippen LogP contribution in [-0.4, -0.2) is 0 Å². The predicted molar refractivity (Wildman–Crippen MR) is 87.6 cm³/mol. The van der Waals surface area contributed by atoms with Crippen molar-refractivity contribution in [2.75, 3.05) is 0 Å². The van der Waals surface area contributed by atoms with Gasteiger partial charge in [-0.25, -0.2) is 0 Å². The Morgan fingerprint density at radius 2 is 1.10 bits per heavy atom. The molecule has 3 aliphatic carbocycles. The molecule has 0 bridgehead atoms. The van der Waals surface area contributed by atoms with Crippen molar-refractivity contribution in [2.24, 2.45) is 22.7 Å². The third-order valence-corrected chi connectivity index (χ3v) is 6.01. The number of rotatable bonds is 0. The van der Waals surface area contributed by atoms with Crippen LogP contribution in [0.5, 0.6) is 0 Å². The van der Waals surface area contributed by atoms with Crippen LogP contribution in [0.15, 0.2) is 22.3 Å². The molecule has 2 atom stereocenters. The van der Waals surface area contributed by atoms with Crippen LogP contribution in [0.25, 0.3) is 0 Å². The van der Waals surface area contributed by atoms with Gasteiger partial charge < -0.3 is 0 Å². The number of hydrogen-bond acceptors (Lipinski definition) is 0. The predicted octanol–water partition coefficient (Wildman–Crippen LogP) is 6.29. The summed E-state index contributed by atoms with van der Waals surface area (Å²) in [5.74, 6) is 2.01. The van der Waals surface area contributed by atoms with E-state index in [1.54, 1.807) is 22.3 Å². The quantitative estimate of drug-likeness (QED) is 0.486. The summed E-state index contributed by atoms with van der Waals surface area (Å²) in [4.78, 5) is 0. The van der Waals surface area contributed by atoms with Crippen molar-refractivity contribution >= 4 is 0 Å². The summed E-state index contributed by atoms with van der Waals surface area (Å²) in [5, 5.41) is 0. The van der Waals surface area contributed by atoms with Crippen LogP contribution >= 0.6 is 0 Å². The highest BCUT2D eigenvalue weighted by Crippen LogP contribution is 2.56. The lowest BCUT2D eigenvalue weighted by Gasteiger charge is -2.33. The summed E-state index contributed by atoms with van der Waals surface area (Å²) < 4.78 is 0. The van der Waals surface area contributed by atoms with Gasteiger partial charge in [0.15, 0.2) is 0 Å². The zero-order valence-electron chi connectivity index (χ0n) is 14.4. The van der Waals surface area contributed by atoms with Gasteiger partial charge in [-0.3, -0.25) is 0 Å². The van der Waals surface area contributed by atoms with Crippen molar-refractivity contribution in [1.29, 1.82) is 0 Å². The van der Waals surface area contributed by atoms with Gasteiger partial charge in [0.25, 0.3) is 0 Å². The minimum absolute atomic E-state index is 0.346. The van der Waals surface area contributed by atoms with Crippen LogP contribution in [0.2, 0.25) is 0 Å². The topological polar surface area (TPSA) is 0 Å². The van der Waals surface area contributed by atoms with E-state index in [1.807, 2.05) is 0 Å². The molecule has 0 N–H and O–H groups in total. The van der Waals surface area contributed by atoms with Gasteiger partial charge in [0.1, 0.15) is 0 Å². The Bertz CT molecular complexity index is 429. The van der Waals surface area contributed by atoms with Gasteiger partial charge >= 0.3 is 0 Å². The third kappa shape index (κ3) is 2.30. The first kappa shape index (κ1) is 14.4. The fourth-order valence-corrected chi connectivity index (χ4v) is 4.86. The molecule has 0 heteroatoms. The van der Waals surface area contributed by atoms with Crippen LogP contribution in [0.3, 0.4) is 0 Å². The first-order chi connectivity index (χ1) is 9.18. The average Bonchev–Trinajstić information content (AvgIpc) is 2.85. The molecule has 2 saturated carbocycles. The first-order valence-electron chi connectivity index (χ1n) is 8.63. The standard InChI is InChI=1S/C20H32/c1-19(2,3)17-12-18(20(4,5)6)16-11-14-9-7-8-13(14)10-15(16)17/h13-14H,7-12H2,1-6H3. The van der Waals surface area contributed by atoms with Crippen molar-refractivity contribution in [1.82, 2.24) is 0 Å². The molecule has 20 heavy (non-hydrogen) atoms. The van der Waals surface area contributed by atoms with Gasteiger partial charge in [0.2, 0.25) is 0 Å². The van der Waals surface area contributed by atoms with E-state index in [2.05, 4.69) is 41.5 Å². The minimum atomic E-state index is 0.346. The molecule has 2 unspecified atom stereocenters. The molecule has 0 aliphatic heterocycles. The fraction of sp³-hybridized carbons (Fsp3) is 0.800. The van der Waals surface area contributed by atoms with Gasteiger partial charge in [-0.1, -0.05) is 59.1 Å². The second kappa shape index (κ2) is 4.49. The molecule has 0 heterocycles. The summed E-state index contributed by atoms with van der Waals surface area (Å²) in [6, 6.07) is 0. The van der Waals surface area contributed by atoms with E-state index >= 15 is 0 Å². The van der Waals surface area contributed by atoms with Crippen molar-refractivity contribution in [2.45, 2.75) is 80.1 Å². The van der Waals surface area contributed by atoms with E-state index in [1.165, 1.54) is 38.5 Å². The van der Waals surface area contributed by atoms with Gasteiger partial charge in [-0.15, -0.1) is 0 Å². The van der Waals surface area contributed by atoms with Crippen LogP contribution in [0, 0.1) is 22.7 Å². The SMILES string of the molecule is CC(C)(C)C1=C2CC3CCCC3CC2=C(C(C)(C)C)C1. The van der Waals surface area contributed by atoms with E-state index < -0.39 is 0 Å². The Kier molecular flexibility index (Phi) is 3.23. The van der Waals surface area contributed by atoms with Gasteiger partial charge in [-0.2, -0.15) is 0 Å². The fourth-order valence-electron chi connectivity index (χ4n) is 4.86. The molecule has 0 aromatic heterocycles. The summed E-state index contributed by atoms with van der Waals surface area (Å²) in [6.07, 6.45) is 8.51. The summed E-state index contributed by atoms with van der Waals surface area (Å²) >= 11 is 0. The van der Waals surface area contributed by atoms with E-state index in [9.17, 15) is 0 Å². The number of fused-ring (bicyclic) bond motifs is 2. The molecule has 0 aromatic rings. The van der Waals surface area contributed by atoms with E-state index in [4.69, 9.17) is 0 Å². The highest BCUT2D eigenvalue weighted by Gasteiger charge is 2.42. The van der Waals surface area contributed by atoms with Crippen molar-refractivity contribution in [3.8, 4) is 0 Å². The highest BCUT2D eigenvalue weighted by atomic mass is 14.5. The Balaban J connectivity index is 2.04. The van der Waals surface area contributed by atoms with Crippen molar-refractivity contribution in [3.05, 3.63) is 22.3 Å². The van der Waals surface area contributed by atoms with Crippen LogP contribution < -0.4 is 0 Å². The lowest BCUT2D eigenvalue weighted by molar-refractivity contribution is 0.352. The van der Waals surface area contributed by atoms with Gasteiger partial charge in [0, 0.05) is 0 Å². The summed E-state index contributed by atoms with van der Waals surface area (Å²) in [6.45, 7) is 14.5. The molecule has 0 nitrogen and oxygen atoms in total. The lowest BCUT2D eigenvalue weighted by Crippen LogP contribution is -2.20. The Hall–Kier alpha value is -0.520. The maximum atomic E-state index is 2.42. The molecule has 3 rings (SSSR count). The maximum Gasteiger partial charge on any atom is -0.00861 e. The molecule has 2 fully saturated rings. The molecule has 0 spiro atoms. The zero-order valence-corrected chi connectivity index (χ0v) is 14.4. The van der Waals surface area contributed by atoms with Crippen molar-refractivity contribution in [3.63, 3.8) is 0 Å². The third-order valence-electron chi connectivity index (χ3n) is 6.01. The highest BCUT2D eigenvalue weighted by molar-refractivity contribution is 5.52. The Morgan fingerprint density at radius 3 is 1.45 bits per heavy atom. The molecule has 112 valence electrons. The van der Waals surface area contributed by atoms with Crippen LogP contribution in [-0.2, 0) is 0 Å². The van der Waals surface area contributed by atoms with E-state index in [0.717, 1.165) is 11.8 Å². The zero-order chi connectivity index (χ0) is 14.7. The second-order valence-electron chi connectivity index (χ2n) is 9.45. The molecular weight excluding hydrogens is 240 g/mol. The first-order valence-corrected chi connectivity index (χ1v) is 8.63. The van der Waals surface area contributed by atoms with Gasteiger partial charge in [0.05, 0.1) is 0 Å². The smallest absolute Gasteiger partial charge is 0.00861 e. The largest absolute Gasteiger partial charge is 0.0573 e. The summed E-state index contributed by atoms with van der Waals surface area (Å²) in [5.41, 5.74) is 7.82. The van der Waals surface area contributed by atoms with Crippen LogP contribution in [0.4, 0.5) is 0 Å². The van der Waals surface area contributed by atoms with Crippen LogP contribution in [0.1, 0.15) is 80.1 Å². The molecule has 0 saturated heterocycles. The molecule has 0 aromatic carbocycles. The van der Waals surface area contributed by atoms with Gasteiger partial charge in [-0.05, 0) is 65.9 Å². The van der Waals surface area contributed by atoms with E-state index in [-0.39, 0.29) is 0 Å². The molecule has 0 radical (unpaired) electrons. The summed E-state index contributed by atoms with van der Waals surface area (Å²) in [7, 11) is 0. The minimum Gasteiger partial charge on any atom is -0.0573 e. The average molecular weight is 272 g/mol. The maximum absolute atomic E-state index is 2.42. The Morgan fingerprint density at radius 1 is 0.700 bits per heavy atom. The molecule has 3 aliphatic rings. The number of allylic oxidation sites excluding steroid dienone is 4. The van der Waals surface area contributed by atoms with Crippen molar-refractivity contribution < 1.29 is 0 Å². The lowest BCUT2D eigenvalue weighted by atomic mass is 9.72.